The summed E-state index contributed by atoms with van der Waals surface area (Å²) in [5.74, 6) is 0.893. The number of benzene rings is 4. The molecule has 1 heterocycles. The minimum absolute atomic E-state index is 0.318. The van der Waals surface area contributed by atoms with Gasteiger partial charge in [0, 0.05) is 10.9 Å². The Bertz CT molecular complexity index is 1550. The quantitative estimate of drug-likeness (QED) is 0.207. The number of methoxy groups -OCH3 is 1. The Morgan fingerprint density at radius 1 is 0.865 bits per heavy atom. The summed E-state index contributed by atoms with van der Waals surface area (Å²) in [6.07, 6.45) is 1.58. The molecule has 37 heavy (non-hydrogen) atoms. The lowest BCUT2D eigenvalue weighted by molar-refractivity contribution is 0.0956. The van der Waals surface area contributed by atoms with E-state index in [0.29, 0.717) is 23.7 Å². The van der Waals surface area contributed by atoms with Crippen molar-refractivity contribution < 1.29 is 14.3 Å². The summed E-state index contributed by atoms with van der Waals surface area (Å²) < 4.78 is 11.4. The minimum atomic E-state index is -0.318. The van der Waals surface area contributed by atoms with Crippen LogP contribution in [0.2, 0.25) is 0 Å². The first-order valence-electron chi connectivity index (χ1n) is 11.8. The molecule has 0 saturated carbocycles. The predicted octanol–water partition coefficient (Wildman–Crippen LogP) is 6.25. The van der Waals surface area contributed by atoms with E-state index in [1.807, 2.05) is 103 Å². The van der Waals surface area contributed by atoms with Crippen LogP contribution in [0.4, 0.5) is 0 Å². The number of rotatable bonds is 8. The molecular weight excluding hydrogens is 462 g/mol. The van der Waals surface area contributed by atoms with Crippen LogP contribution in [0.15, 0.2) is 114 Å². The van der Waals surface area contributed by atoms with Gasteiger partial charge in [-0.3, -0.25) is 4.79 Å². The maximum absolute atomic E-state index is 13.2. The third-order valence-corrected chi connectivity index (χ3v) is 5.83. The summed E-state index contributed by atoms with van der Waals surface area (Å²) in [6, 6.07) is 34.5. The molecule has 1 amide bonds. The van der Waals surface area contributed by atoms with Gasteiger partial charge in [0.25, 0.3) is 5.91 Å². The fourth-order valence-electron chi connectivity index (χ4n) is 3.97. The van der Waals surface area contributed by atoms with Crippen LogP contribution in [0.25, 0.3) is 22.2 Å². The zero-order valence-electron chi connectivity index (χ0n) is 20.3. The molecule has 0 aliphatic rings. The Balaban J connectivity index is 1.35. The molecule has 182 valence electrons. The van der Waals surface area contributed by atoms with Crippen LogP contribution < -0.4 is 14.9 Å². The van der Waals surface area contributed by atoms with Crippen molar-refractivity contribution in [3.63, 3.8) is 0 Å². The van der Waals surface area contributed by atoms with Crippen LogP contribution in [0.5, 0.6) is 11.5 Å². The average Bonchev–Trinajstić information content (AvgIpc) is 2.96. The van der Waals surface area contributed by atoms with Gasteiger partial charge in [0.2, 0.25) is 0 Å². The number of para-hydroxylation sites is 1. The van der Waals surface area contributed by atoms with Gasteiger partial charge < -0.3 is 9.47 Å². The number of carbonyl (C=O) groups is 1. The van der Waals surface area contributed by atoms with Gasteiger partial charge in [-0.05, 0) is 41.5 Å². The largest absolute Gasteiger partial charge is 0.493 e. The van der Waals surface area contributed by atoms with E-state index in [-0.39, 0.29) is 5.91 Å². The standard InChI is InChI=1S/C31H25N3O3/c1-36-29-17-16-23(18-30(29)37-21-22-10-4-2-5-11-22)20-32-34-31(35)26-19-28(24-12-6-3-7-13-24)33-27-15-9-8-14-25(26)27/h2-20H,21H2,1H3,(H,34,35)/b32-20+. The molecule has 0 bridgehead atoms. The van der Waals surface area contributed by atoms with Crippen LogP contribution in [0.1, 0.15) is 21.5 Å². The molecule has 0 saturated heterocycles. The molecule has 6 heteroatoms. The molecule has 0 aliphatic heterocycles. The normalized spacial score (nSPS) is 10.9. The summed E-state index contributed by atoms with van der Waals surface area (Å²) in [4.78, 5) is 17.9. The van der Waals surface area contributed by atoms with E-state index in [4.69, 9.17) is 14.5 Å². The van der Waals surface area contributed by atoms with Crippen molar-refractivity contribution in [3.05, 3.63) is 126 Å². The van der Waals surface area contributed by atoms with E-state index in [0.717, 1.165) is 33.3 Å². The zero-order valence-corrected chi connectivity index (χ0v) is 20.3. The van der Waals surface area contributed by atoms with Crippen molar-refractivity contribution in [2.75, 3.05) is 7.11 Å². The van der Waals surface area contributed by atoms with Gasteiger partial charge in [-0.1, -0.05) is 78.9 Å². The lowest BCUT2D eigenvalue weighted by atomic mass is 10.0. The molecule has 0 spiro atoms. The lowest BCUT2D eigenvalue weighted by Crippen LogP contribution is -2.18. The van der Waals surface area contributed by atoms with Crippen molar-refractivity contribution in [1.82, 2.24) is 10.4 Å². The lowest BCUT2D eigenvalue weighted by Gasteiger charge is -2.11. The Hall–Kier alpha value is -4.97. The number of carbonyl (C=O) groups excluding carboxylic acids is 1. The SMILES string of the molecule is COc1ccc(/C=N/NC(=O)c2cc(-c3ccccc3)nc3ccccc23)cc1OCc1ccccc1. The fourth-order valence-corrected chi connectivity index (χ4v) is 3.97. The van der Waals surface area contributed by atoms with Gasteiger partial charge >= 0.3 is 0 Å². The summed E-state index contributed by atoms with van der Waals surface area (Å²) in [6.45, 7) is 0.410. The second-order valence-corrected chi connectivity index (χ2v) is 8.32. The topological polar surface area (TPSA) is 72.8 Å². The van der Waals surface area contributed by atoms with Crippen molar-refractivity contribution in [2.45, 2.75) is 6.61 Å². The molecule has 0 fully saturated rings. The van der Waals surface area contributed by atoms with Crippen LogP contribution in [0, 0.1) is 0 Å². The van der Waals surface area contributed by atoms with Gasteiger partial charge in [-0.25, -0.2) is 10.4 Å². The Morgan fingerprint density at radius 2 is 1.59 bits per heavy atom. The highest BCUT2D eigenvalue weighted by Crippen LogP contribution is 2.28. The molecule has 6 nitrogen and oxygen atoms in total. The Labute approximate surface area is 215 Å². The molecule has 1 aromatic heterocycles. The Morgan fingerprint density at radius 3 is 2.38 bits per heavy atom. The summed E-state index contributed by atoms with van der Waals surface area (Å²) in [5.41, 5.74) is 7.37. The number of hydrazone groups is 1. The molecule has 4 aromatic carbocycles. The molecular formula is C31H25N3O3. The van der Waals surface area contributed by atoms with Gasteiger partial charge in [-0.15, -0.1) is 0 Å². The summed E-state index contributed by atoms with van der Waals surface area (Å²) in [5, 5.41) is 4.96. The van der Waals surface area contributed by atoms with Crippen LogP contribution in [-0.4, -0.2) is 24.2 Å². The monoisotopic (exact) mass is 487 g/mol. The molecule has 5 aromatic rings. The Kier molecular flexibility index (Phi) is 7.18. The maximum atomic E-state index is 13.2. The molecule has 1 N–H and O–H groups in total. The molecule has 0 radical (unpaired) electrons. The number of nitrogens with one attached hydrogen (secondary N) is 1. The molecule has 0 unspecified atom stereocenters. The fraction of sp³-hybridized carbons (Fsp3) is 0.0645. The molecule has 0 atom stereocenters. The van der Waals surface area contributed by atoms with E-state index in [9.17, 15) is 4.79 Å². The number of aromatic nitrogens is 1. The summed E-state index contributed by atoms with van der Waals surface area (Å²) >= 11 is 0. The number of ether oxygens (including phenoxy) is 2. The van der Waals surface area contributed by atoms with E-state index < -0.39 is 0 Å². The van der Waals surface area contributed by atoms with Gasteiger partial charge in [-0.2, -0.15) is 5.10 Å². The first kappa shape index (κ1) is 23.8. The van der Waals surface area contributed by atoms with Gasteiger partial charge in [0.1, 0.15) is 6.61 Å². The van der Waals surface area contributed by atoms with E-state index in [1.165, 1.54) is 0 Å². The number of nitrogens with zero attached hydrogens (tertiary/aromatic N) is 2. The van der Waals surface area contributed by atoms with E-state index in [1.54, 1.807) is 19.4 Å². The number of pyridine rings is 1. The van der Waals surface area contributed by atoms with E-state index in [2.05, 4.69) is 10.5 Å². The van der Waals surface area contributed by atoms with Crippen molar-refractivity contribution >= 4 is 23.0 Å². The summed E-state index contributed by atoms with van der Waals surface area (Å²) in [7, 11) is 1.60. The van der Waals surface area contributed by atoms with Crippen LogP contribution in [0.3, 0.4) is 0 Å². The van der Waals surface area contributed by atoms with Gasteiger partial charge in [0.15, 0.2) is 11.5 Å². The average molecular weight is 488 g/mol. The highest BCUT2D eigenvalue weighted by molar-refractivity contribution is 6.07. The highest BCUT2D eigenvalue weighted by atomic mass is 16.5. The number of hydrogen-bond acceptors (Lipinski definition) is 5. The maximum Gasteiger partial charge on any atom is 0.272 e. The highest BCUT2D eigenvalue weighted by Gasteiger charge is 2.13. The second-order valence-electron chi connectivity index (χ2n) is 8.32. The molecule has 5 rings (SSSR count). The third kappa shape index (κ3) is 5.65. The van der Waals surface area contributed by atoms with E-state index >= 15 is 0 Å². The van der Waals surface area contributed by atoms with Crippen molar-refractivity contribution in [3.8, 4) is 22.8 Å². The number of amides is 1. The van der Waals surface area contributed by atoms with Gasteiger partial charge in [0.05, 0.1) is 30.1 Å². The first-order chi connectivity index (χ1) is 18.2. The minimum Gasteiger partial charge on any atom is -0.493 e. The number of fused-ring (bicyclic) bond motifs is 1. The first-order valence-corrected chi connectivity index (χ1v) is 11.8. The zero-order chi connectivity index (χ0) is 25.5. The second kappa shape index (κ2) is 11.2. The van der Waals surface area contributed by atoms with Crippen LogP contribution >= 0.6 is 0 Å². The third-order valence-electron chi connectivity index (χ3n) is 5.83. The smallest absolute Gasteiger partial charge is 0.272 e. The molecule has 0 aliphatic carbocycles. The predicted molar refractivity (Wildman–Crippen MR) is 146 cm³/mol. The van der Waals surface area contributed by atoms with Crippen molar-refractivity contribution in [2.24, 2.45) is 5.10 Å². The van der Waals surface area contributed by atoms with Crippen molar-refractivity contribution in [1.29, 1.82) is 0 Å². The number of hydrogen-bond donors (Lipinski definition) is 1. The van der Waals surface area contributed by atoms with Crippen LogP contribution in [-0.2, 0) is 6.61 Å².